The number of hydrogen-bond acceptors (Lipinski definition) is 7. The van der Waals surface area contributed by atoms with E-state index in [0.29, 0.717) is 18.4 Å². The minimum Gasteiger partial charge on any atom is -0.465 e. The lowest BCUT2D eigenvalue weighted by molar-refractivity contribution is -0.140. The quantitative estimate of drug-likeness (QED) is 0.764. The van der Waals surface area contributed by atoms with E-state index >= 15 is 0 Å². The van der Waals surface area contributed by atoms with Crippen LogP contribution in [0.2, 0.25) is 0 Å². The van der Waals surface area contributed by atoms with Gasteiger partial charge in [-0.1, -0.05) is 6.92 Å². The number of nitrogens with one attached hydrogen (secondary N) is 2. The average Bonchev–Trinajstić information content (AvgIpc) is 2.91. The van der Waals surface area contributed by atoms with Crippen molar-refractivity contribution >= 4 is 39.3 Å². The van der Waals surface area contributed by atoms with E-state index in [2.05, 4.69) is 27.5 Å². The molecule has 0 atom stereocenters. The van der Waals surface area contributed by atoms with Crippen LogP contribution in [0.3, 0.4) is 0 Å². The number of nitrogens with zero attached hydrogens (tertiary/aromatic N) is 2. The lowest BCUT2D eigenvalue weighted by Crippen LogP contribution is -2.18. The molecule has 2 N–H and O–H groups in total. The number of esters is 1. The van der Waals surface area contributed by atoms with Crippen molar-refractivity contribution in [2.45, 2.75) is 20.3 Å². The van der Waals surface area contributed by atoms with Crippen molar-refractivity contribution < 1.29 is 9.53 Å². The van der Waals surface area contributed by atoms with Crippen molar-refractivity contribution in [2.24, 2.45) is 0 Å². The summed E-state index contributed by atoms with van der Waals surface area (Å²) in [6.07, 6.45) is 0.997. The second-order valence-electron chi connectivity index (χ2n) is 4.12. The Hall–Kier alpha value is -1.89. The maximum absolute atomic E-state index is 11.4. The van der Waals surface area contributed by atoms with E-state index in [0.717, 1.165) is 23.2 Å². The van der Waals surface area contributed by atoms with E-state index in [1.54, 1.807) is 18.3 Å². The molecule has 0 fully saturated rings. The fourth-order valence-corrected chi connectivity index (χ4v) is 2.44. The van der Waals surface area contributed by atoms with E-state index in [9.17, 15) is 4.79 Å². The van der Waals surface area contributed by atoms with Gasteiger partial charge in [-0.15, -0.1) is 11.3 Å². The molecule has 6 nitrogen and oxygen atoms in total. The molecule has 2 aromatic heterocycles. The number of hydrogen-bond donors (Lipinski definition) is 2. The first-order valence-corrected chi connectivity index (χ1v) is 7.51. The van der Waals surface area contributed by atoms with Crippen LogP contribution >= 0.6 is 11.3 Å². The first kappa shape index (κ1) is 14.5. The van der Waals surface area contributed by atoms with Crippen LogP contribution in [0, 0.1) is 0 Å². The number of ether oxygens (including phenoxy) is 1. The van der Waals surface area contributed by atoms with Gasteiger partial charge in [-0.25, -0.2) is 4.98 Å². The average molecular weight is 294 g/mol. The monoisotopic (exact) mass is 294 g/mol. The third kappa shape index (κ3) is 3.57. The van der Waals surface area contributed by atoms with E-state index in [-0.39, 0.29) is 12.5 Å². The van der Waals surface area contributed by atoms with Crippen LogP contribution in [-0.4, -0.2) is 35.6 Å². The number of carbonyl (C=O) groups excluding carboxylic acids is 1. The minimum atomic E-state index is -0.294. The molecule has 2 rings (SSSR count). The van der Waals surface area contributed by atoms with E-state index in [1.807, 2.05) is 11.4 Å². The summed E-state index contributed by atoms with van der Waals surface area (Å²) in [6, 6.07) is 1.94. The molecule has 0 aliphatic heterocycles. The number of rotatable bonds is 7. The van der Waals surface area contributed by atoms with Gasteiger partial charge < -0.3 is 15.4 Å². The van der Waals surface area contributed by atoms with Crippen LogP contribution in [0.15, 0.2) is 11.4 Å². The first-order chi connectivity index (χ1) is 9.74. The predicted molar refractivity (Wildman–Crippen MR) is 81.3 cm³/mol. The number of anilines is 2. The maximum Gasteiger partial charge on any atom is 0.325 e. The molecular formula is C13H18N4O2S. The highest BCUT2D eigenvalue weighted by atomic mass is 32.1. The molecular weight excluding hydrogens is 276 g/mol. The number of thiophene rings is 1. The van der Waals surface area contributed by atoms with Crippen LogP contribution in [-0.2, 0) is 9.53 Å². The molecule has 0 saturated carbocycles. The van der Waals surface area contributed by atoms with Crippen LogP contribution in [0.5, 0.6) is 0 Å². The van der Waals surface area contributed by atoms with Gasteiger partial charge in [0.1, 0.15) is 17.2 Å². The molecule has 2 aromatic rings. The van der Waals surface area contributed by atoms with E-state index < -0.39 is 0 Å². The molecule has 0 amide bonds. The molecule has 0 aromatic carbocycles. The predicted octanol–water partition coefficient (Wildman–Crippen LogP) is 2.49. The van der Waals surface area contributed by atoms with Gasteiger partial charge in [-0.3, -0.25) is 4.79 Å². The molecule has 0 unspecified atom stereocenters. The van der Waals surface area contributed by atoms with Crippen molar-refractivity contribution in [3.05, 3.63) is 11.4 Å². The van der Waals surface area contributed by atoms with E-state index in [4.69, 9.17) is 4.74 Å². The lowest BCUT2D eigenvalue weighted by atomic mass is 10.4. The smallest absolute Gasteiger partial charge is 0.325 e. The van der Waals surface area contributed by atoms with Gasteiger partial charge in [0.25, 0.3) is 0 Å². The highest BCUT2D eigenvalue weighted by molar-refractivity contribution is 7.16. The molecule has 7 heteroatoms. The summed E-state index contributed by atoms with van der Waals surface area (Å²) in [4.78, 5) is 21.1. The molecule has 0 aliphatic rings. The molecule has 0 spiro atoms. The Morgan fingerprint density at radius 3 is 2.95 bits per heavy atom. The van der Waals surface area contributed by atoms with Gasteiger partial charge in [0.2, 0.25) is 5.95 Å². The van der Waals surface area contributed by atoms with Gasteiger partial charge in [-0.2, -0.15) is 4.98 Å². The molecule has 108 valence electrons. The Morgan fingerprint density at radius 2 is 2.20 bits per heavy atom. The topological polar surface area (TPSA) is 76.1 Å². The fourth-order valence-electron chi connectivity index (χ4n) is 1.67. The zero-order valence-electron chi connectivity index (χ0n) is 11.6. The van der Waals surface area contributed by atoms with E-state index in [1.165, 1.54) is 0 Å². The molecule has 0 bridgehead atoms. The second-order valence-corrected chi connectivity index (χ2v) is 5.02. The van der Waals surface area contributed by atoms with Crippen LogP contribution in [0.25, 0.3) is 10.2 Å². The summed E-state index contributed by atoms with van der Waals surface area (Å²) >= 11 is 1.55. The SMILES string of the molecule is CCCNc1nc(NCC(=O)OCC)c2ccsc2n1. The summed E-state index contributed by atoms with van der Waals surface area (Å²) in [5.41, 5.74) is 0. The fraction of sp³-hybridized carbons (Fsp3) is 0.462. The zero-order valence-corrected chi connectivity index (χ0v) is 12.4. The normalized spacial score (nSPS) is 10.5. The van der Waals surface area contributed by atoms with Crippen molar-refractivity contribution in [3.63, 3.8) is 0 Å². The Bertz CT molecular complexity index is 585. The summed E-state index contributed by atoms with van der Waals surface area (Å²) in [7, 11) is 0. The van der Waals surface area contributed by atoms with Crippen LogP contribution in [0.4, 0.5) is 11.8 Å². The number of aromatic nitrogens is 2. The third-order valence-electron chi connectivity index (χ3n) is 2.56. The number of fused-ring (bicyclic) bond motifs is 1. The van der Waals surface area contributed by atoms with Crippen molar-refractivity contribution in [1.29, 1.82) is 0 Å². The Labute approximate surface area is 121 Å². The first-order valence-electron chi connectivity index (χ1n) is 6.63. The van der Waals surface area contributed by atoms with Gasteiger partial charge in [-0.05, 0) is 24.8 Å². The summed E-state index contributed by atoms with van der Waals surface area (Å²) in [5, 5.41) is 9.05. The molecule has 20 heavy (non-hydrogen) atoms. The lowest BCUT2D eigenvalue weighted by Gasteiger charge is -2.09. The molecule has 0 aliphatic carbocycles. The largest absolute Gasteiger partial charge is 0.465 e. The molecule has 0 radical (unpaired) electrons. The Kier molecular flexibility index (Phi) is 5.11. The van der Waals surface area contributed by atoms with Crippen molar-refractivity contribution in [2.75, 3.05) is 30.3 Å². The van der Waals surface area contributed by atoms with Gasteiger partial charge in [0.15, 0.2) is 0 Å². The highest BCUT2D eigenvalue weighted by Gasteiger charge is 2.10. The van der Waals surface area contributed by atoms with Crippen molar-refractivity contribution in [1.82, 2.24) is 9.97 Å². The Morgan fingerprint density at radius 1 is 1.35 bits per heavy atom. The summed E-state index contributed by atoms with van der Waals surface area (Å²) in [5.74, 6) is 0.939. The van der Waals surface area contributed by atoms with Gasteiger partial charge >= 0.3 is 5.97 Å². The second kappa shape index (κ2) is 7.04. The highest BCUT2D eigenvalue weighted by Crippen LogP contribution is 2.26. The van der Waals surface area contributed by atoms with Crippen LogP contribution < -0.4 is 10.6 Å². The van der Waals surface area contributed by atoms with Crippen molar-refractivity contribution in [3.8, 4) is 0 Å². The minimum absolute atomic E-state index is 0.100. The Balaban J connectivity index is 2.16. The van der Waals surface area contributed by atoms with Gasteiger partial charge in [0, 0.05) is 6.54 Å². The standard InChI is InChI=1S/C13H18N4O2S/c1-3-6-14-13-16-11(15-8-10(18)19-4-2)9-5-7-20-12(9)17-13/h5,7H,3-4,6,8H2,1-2H3,(H2,14,15,16,17). The van der Waals surface area contributed by atoms with Crippen LogP contribution in [0.1, 0.15) is 20.3 Å². The molecule has 2 heterocycles. The summed E-state index contributed by atoms with van der Waals surface area (Å²) < 4.78 is 4.89. The summed E-state index contributed by atoms with van der Waals surface area (Å²) in [6.45, 7) is 5.15. The maximum atomic E-state index is 11.4. The zero-order chi connectivity index (χ0) is 14.4. The van der Waals surface area contributed by atoms with Gasteiger partial charge in [0.05, 0.1) is 12.0 Å². The number of carbonyl (C=O) groups is 1. The molecule has 0 saturated heterocycles. The third-order valence-corrected chi connectivity index (χ3v) is 3.37.